The number of halogens is 3. The molecule has 8 aromatic rings. The van der Waals surface area contributed by atoms with Gasteiger partial charge in [0.25, 0.3) is 0 Å². The molecule has 4 aromatic carbocycles. The van der Waals surface area contributed by atoms with Gasteiger partial charge in [0.05, 0.1) is 11.3 Å². The van der Waals surface area contributed by atoms with Crippen LogP contribution in [0.5, 0.6) is 0 Å². The van der Waals surface area contributed by atoms with Gasteiger partial charge in [-0.2, -0.15) is 13.2 Å². The summed E-state index contributed by atoms with van der Waals surface area (Å²) in [7, 11) is 0. The smallest absolute Gasteiger partial charge is 0.340 e. The van der Waals surface area contributed by atoms with E-state index in [0.717, 1.165) is 44.8 Å². The summed E-state index contributed by atoms with van der Waals surface area (Å²) in [6.45, 7) is 2.11. The third-order valence-electron chi connectivity index (χ3n) is 7.97. The van der Waals surface area contributed by atoms with Gasteiger partial charge in [0, 0.05) is 34.8 Å². The molecule has 8 heteroatoms. The zero-order valence-corrected chi connectivity index (χ0v) is 24.5. The Kier molecular flexibility index (Phi) is 6.14. The van der Waals surface area contributed by atoms with Crippen molar-refractivity contribution in [1.82, 2.24) is 18.8 Å². The van der Waals surface area contributed by atoms with Crippen LogP contribution in [0.4, 0.5) is 13.2 Å². The van der Waals surface area contributed by atoms with Gasteiger partial charge >= 0.3 is 27.2 Å². The molecule has 0 atom stereocenters. The van der Waals surface area contributed by atoms with Crippen LogP contribution in [-0.2, 0) is 40.1 Å². The van der Waals surface area contributed by atoms with E-state index in [1.54, 1.807) is 12.1 Å². The van der Waals surface area contributed by atoms with Crippen LogP contribution >= 0.6 is 0 Å². The van der Waals surface area contributed by atoms with E-state index in [1.807, 2.05) is 40.9 Å². The van der Waals surface area contributed by atoms with Gasteiger partial charge in [-0.1, -0.05) is 64.9 Å². The van der Waals surface area contributed by atoms with E-state index in [0.29, 0.717) is 34.8 Å². The SMILES string of the molecule is Cc1cc[c-]c2c1c1ccccc1n1cc(CCc3cn4c5ccccc5c5c(C(F)(F)F)cc[c-]c5c4n3)nc21.[Pt+2]. The molecular formula is C34H21F3N4Pt. The fraction of sp³-hybridized carbons (Fsp3) is 0.118. The van der Waals surface area contributed by atoms with Crippen molar-refractivity contribution >= 4 is 54.6 Å². The number of imidazole rings is 2. The standard InChI is InChI=1S/C34H21F3N4.Pt/c1-20-8-6-11-25-30(20)23-9-2-4-14-28(23)40-18-21(38-32(25)40)16-17-22-19-41-29-15-5-3-10-24(29)31-26(33(41)39-22)12-7-13-27(31)34(35,36)37;/h2-10,13-15,18-19H,16-17H2,1H3;/q-2;+2. The van der Waals surface area contributed by atoms with Gasteiger partial charge in [0.15, 0.2) is 0 Å². The molecule has 42 heavy (non-hydrogen) atoms. The second-order valence-corrected chi connectivity index (χ2v) is 10.4. The number of para-hydroxylation sites is 2. The first-order chi connectivity index (χ1) is 19.9. The summed E-state index contributed by atoms with van der Waals surface area (Å²) in [4.78, 5) is 9.82. The molecule has 0 spiro atoms. The number of benzene rings is 4. The molecule has 0 aliphatic heterocycles. The van der Waals surface area contributed by atoms with Gasteiger partial charge in [-0.05, 0) is 41.3 Å². The molecule has 0 aliphatic carbocycles. The normalized spacial score (nSPS) is 12.3. The Morgan fingerprint density at radius 2 is 1.19 bits per heavy atom. The van der Waals surface area contributed by atoms with Crippen molar-refractivity contribution in [2.45, 2.75) is 25.9 Å². The number of hydrogen-bond acceptors (Lipinski definition) is 2. The average Bonchev–Trinajstić information content (AvgIpc) is 3.61. The summed E-state index contributed by atoms with van der Waals surface area (Å²) in [5.74, 6) is 0. The minimum atomic E-state index is -4.49. The van der Waals surface area contributed by atoms with Crippen LogP contribution in [0.15, 0.2) is 85.2 Å². The number of alkyl halides is 3. The van der Waals surface area contributed by atoms with E-state index in [1.165, 1.54) is 11.6 Å². The van der Waals surface area contributed by atoms with Crippen LogP contribution in [0.2, 0.25) is 0 Å². The quantitative estimate of drug-likeness (QED) is 0.135. The van der Waals surface area contributed by atoms with Crippen molar-refractivity contribution < 1.29 is 34.2 Å². The molecule has 0 saturated heterocycles. The molecule has 4 aromatic heterocycles. The second-order valence-electron chi connectivity index (χ2n) is 10.4. The van der Waals surface area contributed by atoms with Crippen molar-refractivity contribution in [1.29, 1.82) is 0 Å². The third-order valence-corrected chi connectivity index (χ3v) is 7.97. The van der Waals surface area contributed by atoms with E-state index in [4.69, 9.17) is 9.97 Å². The van der Waals surface area contributed by atoms with Crippen LogP contribution < -0.4 is 0 Å². The van der Waals surface area contributed by atoms with Crippen molar-refractivity contribution in [2.75, 3.05) is 0 Å². The largest absolute Gasteiger partial charge is 2.00 e. The maximum Gasteiger partial charge on any atom is 2.00 e. The van der Waals surface area contributed by atoms with Gasteiger partial charge < -0.3 is 8.80 Å². The van der Waals surface area contributed by atoms with Gasteiger partial charge in [-0.3, -0.25) is 9.97 Å². The summed E-state index contributed by atoms with van der Waals surface area (Å²) in [5.41, 5.74) is 5.28. The van der Waals surface area contributed by atoms with Crippen LogP contribution in [0, 0.1) is 19.1 Å². The number of fused-ring (bicyclic) bond motifs is 12. The van der Waals surface area contributed by atoms with Gasteiger partial charge in [0.2, 0.25) is 0 Å². The summed E-state index contributed by atoms with van der Waals surface area (Å²) >= 11 is 0. The van der Waals surface area contributed by atoms with E-state index >= 15 is 0 Å². The molecule has 4 heterocycles. The summed E-state index contributed by atoms with van der Waals surface area (Å²) in [6.07, 6.45) is 0.705. The predicted octanol–water partition coefficient (Wildman–Crippen LogP) is 8.31. The maximum absolute atomic E-state index is 14.0. The number of nitrogens with zero attached hydrogens (tertiary/aromatic N) is 4. The van der Waals surface area contributed by atoms with Crippen molar-refractivity contribution in [3.63, 3.8) is 0 Å². The maximum atomic E-state index is 14.0. The Morgan fingerprint density at radius 3 is 1.76 bits per heavy atom. The third kappa shape index (κ3) is 3.94. The monoisotopic (exact) mass is 737 g/mol. The summed E-state index contributed by atoms with van der Waals surface area (Å²) < 4.78 is 46.0. The summed E-state index contributed by atoms with van der Waals surface area (Å²) in [5, 5.41) is 4.31. The molecule has 0 bridgehead atoms. The minimum Gasteiger partial charge on any atom is -0.340 e. The van der Waals surface area contributed by atoms with Crippen LogP contribution in [0.25, 0.3) is 54.6 Å². The fourth-order valence-corrected chi connectivity index (χ4v) is 6.18. The number of rotatable bonds is 3. The second kappa shape index (κ2) is 9.67. The fourth-order valence-electron chi connectivity index (χ4n) is 6.18. The molecule has 0 fully saturated rings. The Bertz CT molecular complexity index is 2330. The molecule has 8 rings (SSSR count). The number of pyridine rings is 2. The van der Waals surface area contributed by atoms with Gasteiger partial charge in [-0.15, -0.1) is 42.0 Å². The zero-order chi connectivity index (χ0) is 27.9. The first-order valence-electron chi connectivity index (χ1n) is 13.4. The Labute approximate surface area is 252 Å². The molecule has 0 N–H and O–H groups in total. The van der Waals surface area contributed by atoms with E-state index < -0.39 is 11.7 Å². The minimum absolute atomic E-state index is 0. The molecule has 0 aliphatic rings. The van der Waals surface area contributed by atoms with Crippen LogP contribution in [0.3, 0.4) is 0 Å². The first kappa shape index (κ1) is 26.7. The molecule has 0 saturated carbocycles. The van der Waals surface area contributed by atoms with Crippen molar-refractivity contribution in [3.8, 4) is 0 Å². The zero-order valence-electron chi connectivity index (χ0n) is 22.2. The molecule has 0 radical (unpaired) electrons. The van der Waals surface area contributed by atoms with Crippen molar-refractivity contribution in [2.24, 2.45) is 0 Å². The molecule has 0 amide bonds. The Balaban J connectivity index is 0.00000288. The topological polar surface area (TPSA) is 34.6 Å². The molecule has 4 nitrogen and oxygen atoms in total. The molecule has 208 valence electrons. The van der Waals surface area contributed by atoms with Crippen LogP contribution in [-0.4, -0.2) is 18.8 Å². The summed E-state index contributed by atoms with van der Waals surface area (Å²) in [6, 6.07) is 28.3. The van der Waals surface area contributed by atoms with E-state index in [2.05, 4.69) is 47.9 Å². The van der Waals surface area contributed by atoms with Crippen molar-refractivity contribution in [3.05, 3.63) is 120 Å². The first-order valence-corrected chi connectivity index (χ1v) is 13.4. The number of aromatic nitrogens is 4. The Hall–Kier alpha value is -4.22. The molecule has 0 unspecified atom stereocenters. The van der Waals surface area contributed by atoms with Gasteiger partial charge in [-0.25, -0.2) is 0 Å². The van der Waals surface area contributed by atoms with E-state index in [9.17, 15) is 13.2 Å². The van der Waals surface area contributed by atoms with Gasteiger partial charge in [0.1, 0.15) is 0 Å². The number of aryl methyl sites for hydroxylation is 3. The number of hydrogen-bond donors (Lipinski definition) is 0. The predicted molar refractivity (Wildman–Crippen MR) is 155 cm³/mol. The molecular weight excluding hydrogens is 716 g/mol. The average molecular weight is 738 g/mol. The Morgan fingerprint density at radius 1 is 0.690 bits per heavy atom. The van der Waals surface area contributed by atoms with Crippen LogP contribution in [0.1, 0.15) is 22.5 Å². The van der Waals surface area contributed by atoms with E-state index in [-0.39, 0.29) is 26.5 Å².